The molecule has 2 aromatic heterocycles. The first-order chi connectivity index (χ1) is 12.3. The van der Waals surface area contributed by atoms with Crippen molar-refractivity contribution < 1.29 is 0 Å². The predicted octanol–water partition coefficient (Wildman–Crippen LogP) is 4.61. The van der Waals surface area contributed by atoms with Gasteiger partial charge in [-0.3, -0.25) is 0 Å². The third-order valence-electron chi connectivity index (χ3n) is 4.26. The van der Waals surface area contributed by atoms with Crippen molar-refractivity contribution in [2.24, 2.45) is 0 Å². The Bertz CT molecular complexity index is 1130. The van der Waals surface area contributed by atoms with Crippen molar-refractivity contribution in [2.45, 2.75) is 0 Å². The molecule has 0 saturated carbocycles. The molecule has 0 unspecified atom stereocenters. The molecular weight excluding hydrogens is 350 g/mol. The van der Waals surface area contributed by atoms with Gasteiger partial charge in [0.2, 0.25) is 0 Å². The lowest BCUT2D eigenvalue weighted by Crippen LogP contribution is -1.95. The van der Waals surface area contributed by atoms with Crippen LogP contribution in [0.25, 0.3) is 44.3 Å². The molecule has 3 aromatic carbocycles. The van der Waals surface area contributed by atoms with Gasteiger partial charge in [-0.15, -0.1) is 0 Å². The van der Waals surface area contributed by atoms with Crippen LogP contribution in [0.15, 0.2) is 54.6 Å². The lowest BCUT2D eigenvalue weighted by atomic mass is 9.95. The van der Waals surface area contributed by atoms with E-state index in [0.717, 1.165) is 44.3 Å². The largest absolute Gasteiger partial charge is 0.398 e. The molecule has 120 valence electrons. The number of hydrogen-bond donors (Lipinski definition) is 1. The van der Waals surface area contributed by atoms with Crippen molar-refractivity contribution in [1.82, 2.24) is 17.5 Å². The Morgan fingerprint density at radius 2 is 1.00 bits per heavy atom. The minimum atomic E-state index is 0.712. The zero-order chi connectivity index (χ0) is 16.8. The summed E-state index contributed by atoms with van der Waals surface area (Å²) in [4.78, 5) is 0. The van der Waals surface area contributed by atoms with Crippen LogP contribution >= 0.6 is 23.5 Å². The van der Waals surface area contributed by atoms with Crippen LogP contribution in [0, 0.1) is 0 Å². The lowest BCUT2D eigenvalue weighted by molar-refractivity contribution is 1.57. The van der Waals surface area contributed by atoms with Crippen LogP contribution in [0.5, 0.6) is 0 Å². The fourth-order valence-corrected chi connectivity index (χ4v) is 4.18. The van der Waals surface area contributed by atoms with Crippen LogP contribution in [-0.4, -0.2) is 17.5 Å². The summed E-state index contributed by atoms with van der Waals surface area (Å²) in [6, 6.07) is 18.0. The molecule has 7 heteroatoms. The van der Waals surface area contributed by atoms with Crippen molar-refractivity contribution in [3.8, 4) is 22.3 Å². The van der Waals surface area contributed by atoms with E-state index in [0.29, 0.717) is 5.69 Å². The highest BCUT2D eigenvalue weighted by atomic mass is 32.1. The molecule has 2 heterocycles. The summed E-state index contributed by atoms with van der Waals surface area (Å²) >= 11 is 2.43. The number of benzene rings is 3. The van der Waals surface area contributed by atoms with Crippen LogP contribution in [0.2, 0.25) is 0 Å². The van der Waals surface area contributed by atoms with E-state index in [4.69, 9.17) is 5.73 Å². The summed E-state index contributed by atoms with van der Waals surface area (Å²) in [5.74, 6) is 0. The summed E-state index contributed by atoms with van der Waals surface area (Å²) in [6.07, 6.45) is 0. The normalized spacial score (nSPS) is 11.4. The maximum atomic E-state index is 6.58. The first-order valence-electron chi connectivity index (χ1n) is 7.65. The number of anilines is 1. The summed E-state index contributed by atoms with van der Waals surface area (Å²) in [5, 5.41) is 0. The summed E-state index contributed by atoms with van der Waals surface area (Å²) < 4.78 is 17.5. The van der Waals surface area contributed by atoms with Gasteiger partial charge in [-0.2, -0.15) is 17.5 Å². The molecule has 0 amide bonds. The first kappa shape index (κ1) is 14.4. The molecule has 0 spiro atoms. The second-order valence-corrected chi connectivity index (χ2v) is 6.70. The third-order valence-corrected chi connectivity index (χ3v) is 5.34. The van der Waals surface area contributed by atoms with Gasteiger partial charge in [0.15, 0.2) is 0 Å². The molecule has 5 aromatic rings. The number of nitrogens with two attached hydrogens (primary N) is 1. The van der Waals surface area contributed by atoms with Crippen molar-refractivity contribution in [2.75, 3.05) is 5.73 Å². The van der Waals surface area contributed by atoms with Gasteiger partial charge in [-0.25, -0.2) is 0 Å². The Labute approximate surface area is 151 Å². The fourth-order valence-electron chi connectivity index (χ4n) is 3.08. The molecule has 25 heavy (non-hydrogen) atoms. The molecule has 5 rings (SSSR count). The Balaban J connectivity index is 1.78. The van der Waals surface area contributed by atoms with E-state index in [1.807, 2.05) is 54.6 Å². The van der Waals surface area contributed by atoms with Gasteiger partial charge >= 0.3 is 0 Å². The molecule has 2 N–H and O–H groups in total. The topological polar surface area (TPSA) is 77.6 Å². The summed E-state index contributed by atoms with van der Waals surface area (Å²) in [7, 11) is 0. The minimum Gasteiger partial charge on any atom is -0.398 e. The predicted molar refractivity (Wildman–Crippen MR) is 104 cm³/mol. The van der Waals surface area contributed by atoms with Gasteiger partial charge in [0.05, 0.1) is 23.5 Å². The number of nitrogen functional groups attached to an aromatic ring is 1. The highest BCUT2D eigenvalue weighted by Gasteiger charge is 2.15. The number of fused-ring (bicyclic) bond motifs is 2. The highest BCUT2D eigenvalue weighted by Crippen LogP contribution is 2.39. The highest BCUT2D eigenvalue weighted by molar-refractivity contribution is 7.00. The number of rotatable bonds is 2. The Morgan fingerprint density at radius 1 is 0.560 bits per heavy atom. The average molecular weight is 361 g/mol. The van der Waals surface area contributed by atoms with Crippen LogP contribution in [0.3, 0.4) is 0 Å². The average Bonchev–Trinajstić information content (AvgIpc) is 3.30. The smallest absolute Gasteiger partial charge is 0.112 e. The summed E-state index contributed by atoms with van der Waals surface area (Å²) in [6.45, 7) is 0. The van der Waals surface area contributed by atoms with Crippen molar-refractivity contribution in [3.05, 3.63) is 54.6 Å². The first-order valence-corrected chi connectivity index (χ1v) is 9.11. The molecule has 0 radical (unpaired) electrons. The second-order valence-electron chi connectivity index (χ2n) is 5.64. The second kappa shape index (κ2) is 5.58. The van der Waals surface area contributed by atoms with E-state index in [9.17, 15) is 0 Å². The summed E-state index contributed by atoms with van der Waals surface area (Å²) in [5.41, 5.74) is 14.7. The van der Waals surface area contributed by atoms with E-state index in [1.54, 1.807) is 0 Å². The van der Waals surface area contributed by atoms with E-state index in [-0.39, 0.29) is 0 Å². The molecule has 0 fully saturated rings. The van der Waals surface area contributed by atoms with Gasteiger partial charge in [0, 0.05) is 27.9 Å². The number of para-hydroxylation sites is 1. The van der Waals surface area contributed by atoms with Gasteiger partial charge in [-0.1, -0.05) is 42.5 Å². The van der Waals surface area contributed by atoms with E-state index >= 15 is 0 Å². The molecular formula is C18H11N5S2. The van der Waals surface area contributed by atoms with Crippen molar-refractivity contribution >= 4 is 51.2 Å². The van der Waals surface area contributed by atoms with Gasteiger partial charge in [-0.05, 0) is 12.1 Å². The molecule has 5 nitrogen and oxygen atoms in total. The van der Waals surface area contributed by atoms with Gasteiger partial charge in [0.1, 0.15) is 22.1 Å². The molecule has 0 aliphatic carbocycles. The quantitative estimate of drug-likeness (QED) is 0.465. The van der Waals surface area contributed by atoms with E-state index in [2.05, 4.69) is 17.5 Å². The van der Waals surface area contributed by atoms with Crippen molar-refractivity contribution in [1.29, 1.82) is 0 Å². The Morgan fingerprint density at radius 3 is 1.52 bits per heavy atom. The van der Waals surface area contributed by atoms with Gasteiger partial charge in [0.25, 0.3) is 0 Å². The number of hydrogen-bond acceptors (Lipinski definition) is 7. The maximum Gasteiger partial charge on any atom is 0.112 e. The van der Waals surface area contributed by atoms with E-state index < -0.39 is 0 Å². The standard InChI is InChI=1S/C18H11N5S2/c19-16-10(12-6-2-8-14-17(12)22-24-20-14)4-1-5-11(16)13-7-3-9-15-18(13)23-25-21-15/h1-9H,19H2. The fraction of sp³-hybridized carbons (Fsp3) is 0. The molecule has 0 saturated heterocycles. The maximum absolute atomic E-state index is 6.58. The van der Waals surface area contributed by atoms with Gasteiger partial charge < -0.3 is 5.73 Å². The third kappa shape index (κ3) is 2.20. The SMILES string of the molecule is Nc1c(-c2cccc3nsnc23)cccc1-c1cccc2nsnc12. The number of nitrogens with zero attached hydrogens (tertiary/aromatic N) is 4. The van der Waals surface area contributed by atoms with E-state index in [1.165, 1.54) is 23.5 Å². The van der Waals surface area contributed by atoms with Crippen molar-refractivity contribution in [3.63, 3.8) is 0 Å². The number of aromatic nitrogens is 4. The van der Waals surface area contributed by atoms with Crippen LogP contribution < -0.4 is 5.73 Å². The molecule has 0 aliphatic rings. The lowest BCUT2D eigenvalue weighted by Gasteiger charge is -2.12. The molecule has 0 aliphatic heterocycles. The Kier molecular flexibility index (Phi) is 3.22. The monoisotopic (exact) mass is 361 g/mol. The zero-order valence-corrected chi connectivity index (χ0v) is 14.5. The van der Waals surface area contributed by atoms with Crippen LogP contribution in [0.1, 0.15) is 0 Å². The van der Waals surface area contributed by atoms with Crippen LogP contribution in [0.4, 0.5) is 5.69 Å². The van der Waals surface area contributed by atoms with Crippen LogP contribution in [-0.2, 0) is 0 Å². The molecule has 0 atom stereocenters. The Hall–Kier alpha value is -2.90. The zero-order valence-electron chi connectivity index (χ0n) is 12.9. The molecule has 0 bridgehead atoms. The minimum absolute atomic E-state index is 0.712.